The normalized spacial score (nSPS) is 38.9. The summed E-state index contributed by atoms with van der Waals surface area (Å²) < 4.78 is 44.9. The van der Waals surface area contributed by atoms with E-state index in [-0.39, 0.29) is 12.5 Å². The number of phosphoric acid groups is 1. The lowest BCUT2D eigenvalue weighted by Gasteiger charge is -2.45. The van der Waals surface area contributed by atoms with E-state index in [9.17, 15) is 33.2 Å². The number of quaternary nitrogens is 1. The van der Waals surface area contributed by atoms with Crippen LogP contribution in [0.3, 0.4) is 0 Å². The SMILES string of the molecule is CCC[C@@H]1C[C@@H](C(=O)N[C@@H]([C@H]2O[C@H](S(C)(=O)=O)[C@H](OP(=O)(O)O)[C@@H](O)[C@H]2O)[C@H](C)Cl)[N@@+](C)([O-])C1. The Balaban J connectivity index is 2.31. The van der Waals surface area contributed by atoms with Crippen molar-refractivity contribution in [3.05, 3.63) is 5.21 Å². The van der Waals surface area contributed by atoms with Gasteiger partial charge in [-0.3, -0.25) is 9.32 Å². The maximum absolute atomic E-state index is 13.1. The third kappa shape index (κ3) is 7.10. The van der Waals surface area contributed by atoms with E-state index in [0.29, 0.717) is 12.7 Å². The summed E-state index contributed by atoms with van der Waals surface area (Å²) in [5, 5.41) is 35.6. The highest BCUT2D eigenvalue weighted by Gasteiger charge is 2.54. The second kappa shape index (κ2) is 10.9. The predicted molar refractivity (Wildman–Crippen MR) is 121 cm³/mol. The third-order valence-electron chi connectivity index (χ3n) is 6.26. The number of carbonyl (C=O) groups is 1. The van der Waals surface area contributed by atoms with Crippen molar-refractivity contribution >= 4 is 35.2 Å². The van der Waals surface area contributed by atoms with Crippen LogP contribution in [0.25, 0.3) is 0 Å². The number of alkyl halides is 1. The summed E-state index contributed by atoms with van der Waals surface area (Å²) in [4.78, 5) is 31.3. The van der Waals surface area contributed by atoms with E-state index in [2.05, 4.69) is 9.84 Å². The fourth-order valence-electron chi connectivity index (χ4n) is 4.72. The van der Waals surface area contributed by atoms with Gasteiger partial charge in [-0.25, -0.2) is 13.0 Å². The molecule has 2 aliphatic heterocycles. The number of sulfone groups is 1. The molecule has 16 heteroatoms. The minimum absolute atomic E-state index is 0.0497. The van der Waals surface area contributed by atoms with Crippen molar-refractivity contribution in [1.82, 2.24) is 5.32 Å². The smallest absolute Gasteiger partial charge is 0.470 e. The number of ether oxygens (including phenoxy) is 1. The standard InChI is InChI=1S/C18H34ClN2O11PS/c1-5-6-10-7-11(21(3,25)8-10)17(24)20-12(9(2)19)15-13(22)14(23)16(32-33(26,27)28)18(31-15)34(4,29)30/h9-16,18,22-23H,5-8H2,1-4H3,(H,20,24)(H2,26,27,28)/t9-,10+,11-,12+,13+,14-,15+,16+,18+,21-/m0/s1. The summed E-state index contributed by atoms with van der Waals surface area (Å²) in [6, 6.07) is -2.22. The largest absolute Gasteiger partial charge is 0.632 e. The summed E-state index contributed by atoms with van der Waals surface area (Å²) in [6.45, 7) is 3.66. The number of halogens is 1. The van der Waals surface area contributed by atoms with Crippen LogP contribution in [0.5, 0.6) is 0 Å². The fourth-order valence-corrected chi connectivity index (χ4v) is 6.59. The molecular weight excluding hydrogens is 519 g/mol. The molecule has 0 spiro atoms. The highest BCUT2D eigenvalue weighted by molar-refractivity contribution is 7.91. The molecule has 0 bridgehead atoms. The third-order valence-corrected chi connectivity index (χ3v) is 8.27. The Kier molecular flexibility index (Phi) is 9.60. The summed E-state index contributed by atoms with van der Waals surface area (Å²) in [5.74, 6) is -0.614. The van der Waals surface area contributed by atoms with Crippen LogP contribution in [0.2, 0.25) is 0 Å². The topological polar surface area (TPSA) is 203 Å². The monoisotopic (exact) mass is 552 g/mol. The van der Waals surface area contributed by atoms with Crippen molar-refractivity contribution in [2.24, 2.45) is 5.92 Å². The second-order valence-corrected chi connectivity index (χ2v) is 13.3. The Morgan fingerprint density at radius 3 is 2.41 bits per heavy atom. The zero-order valence-electron chi connectivity index (χ0n) is 19.4. The number of phosphoric ester groups is 1. The fraction of sp³-hybridized carbons (Fsp3) is 0.944. The van der Waals surface area contributed by atoms with Gasteiger partial charge in [0.15, 0.2) is 21.3 Å². The van der Waals surface area contributed by atoms with Gasteiger partial charge >= 0.3 is 7.82 Å². The highest BCUT2D eigenvalue weighted by Crippen LogP contribution is 2.42. The average molecular weight is 553 g/mol. The zero-order chi connectivity index (χ0) is 26.2. The van der Waals surface area contributed by atoms with Crippen LogP contribution < -0.4 is 5.32 Å². The number of rotatable bonds is 9. The van der Waals surface area contributed by atoms with Crippen LogP contribution in [0.1, 0.15) is 33.1 Å². The summed E-state index contributed by atoms with van der Waals surface area (Å²) in [6.07, 6.45) is -5.10. The Labute approximate surface area is 203 Å². The maximum atomic E-state index is 13.1. The number of nitrogens with one attached hydrogen (secondary N) is 1. The van der Waals surface area contributed by atoms with E-state index < -0.39 is 75.5 Å². The van der Waals surface area contributed by atoms with E-state index >= 15 is 0 Å². The number of aliphatic hydroxyl groups is 2. The molecule has 0 aromatic carbocycles. The zero-order valence-corrected chi connectivity index (χ0v) is 21.8. The average Bonchev–Trinajstić information content (AvgIpc) is 2.96. The molecule has 0 radical (unpaired) electrons. The molecule has 2 heterocycles. The van der Waals surface area contributed by atoms with Crippen LogP contribution in [0.4, 0.5) is 0 Å². The van der Waals surface area contributed by atoms with Crippen molar-refractivity contribution in [2.75, 3.05) is 19.8 Å². The van der Waals surface area contributed by atoms with Gasteiger partial charge in [-0.1, -0.05) is 13.3 Å². The molecule has 2 aliphatic rings. The van der Waals surface area contributed by atoms with Gasteiger partial charge in [0.25, 0.3) is 5.91 Å². The Morgan fingerprint density at radius 1 is 1.35 bits per heavy atom. The molecule has 0 aromatic rings. The first kappa shape index (κ1) is 29.8. The van der Waals surface area contributed by atoms with Crippen LogP contribution in [-0.4, -0.2) is 106 Å². The van der Waals surface area contributed by atoms with E-state index in [1.54, 1.807) is 0 Å². The highest BCUT2D eigenvalue weighted by atomic mass is 35.5. The molecule has 10 atom stereocenters. The Bertz CT molecular complexity index is 883. The number of nitrogens with zero attached hydrogens (tertiary/aromatic N) is 1. The number of carbonyl (C=O) groups excluding carboxylic acids is 1. The van der Waals surface area contributed by atoms with Crippen LogP contribution in [-0.2, 0) is 28.5 Å². The van der Waals surface area contributed by atoms with Crippen LogP contribution in [0.15, 0.2) is 0 Å². The summed E-state index contributed by atoms with van der Waals surface area (Å²) in [7, 11) is -8.13. The van der Waals surface area contributed by atoms with Gasteiger partial charge in [-0.05, 0) is 13.3 Å². The molecule has 0 aromatic heterocycles. The molecule has 13 nitrogen and oxygen atoms in total. The first-order chi connectivity index (χ1) is 15.4. The molecule has 2 fully saturated rings. The molecule has 200 valence electrons. The second-order valence-electron chi connectivity index (χ2n) is 9.32. The molecule has 0 unspecified atom stereocenters. The van der Waals surface area contributed by atoms with Gasteiger partial charge in [0, 0.05) is 18.6 Å². The van der Waals surface area contributed by atoms with Gasteiger partial charge in [0.1, 0.15) is 24.4 Å². The molecule has 0 aliphatic carbocycles. The lowest BCUT2D eigenvalue weighted by atomic mass is 9.92. The van der Waals surface area contributed by atoms with Gasteiger partial charge in [0.2, 0.25) is 0 Å². The lowest BCUT2D eigenvalue weighted by molar-refractivity contribution is -0.865. The van der Waals surface area contributed by atoms with Crippen LogP contribution in [0, 0.1) is 11.1 Å². The number of hydrogen-bond donors (Lipinski definition) is 5. The van der Waals surface area contributed by atoms with Gasteiger partial charge in [0.05, 0.1) is 25.0 Å². The van der Waals surface area contributed by atoms with E-state index in [0.717, 1.165) is 12.8 Å². The molecule has 2 saturated heterocycles. The van der Waals surface area contributed by atoms with E-state index in [4.69, 9.17) is 26.1 Å². The Hall–Kier alpha value is -0.380. The molecule has 0 saturated carbocycles. The molecule has 5 N–H and O–H groups in total. The van der Waals surface area contributed by atoms with Crippen molar-refractivity contribution in [3.8, 4) is 0 Å². The van der Waals surface area contributed by atoms with Crippen molar-refractivity contribution in [3.63, 3.8) is 0 Å². The molecule has 1 amide bonds. The lowest BCUT2D eigenvalue weighted by Crippen LogP contribution is -2.67. The van der Waals surface area contributed by atoms with Crippen molar-refractivity contribution in [1.29, 1.82) is 0 Å². The van der Waals surface area contributed by atoms with Crippen molar-refractivity contribution < 1.29 is 51.7 Å². The quantitative estimate of drug-likeness (QED) is 0.104. The van der Waals surface area contributed by atoms with E-state index in [1.165, 1.54) is 14.0 Å². The van der Waals surface area contributed by atoms with Crippen LogP contribution >= 0.6 is 19.4 Å². The maximum Gasteiger partial charge on any atom is 0.470 e. The van der Waals surface area contributed by atoms with Gasteiger partial charge in [-0.15, -0.1) is 11.6 Å². The van der Waals surface area contributed by atoms with Gasteiger partial charge < -0.3 is 39.9 Å². The Morgan fingerprint density at radius 2 is 1.94 bits per heavy atom. The number of hydroxylamine groups is 3. The predicted octanol–water partition coefficient (Wildman–Crippen LogP) is -0.799. The molecular formula is C18H34ClN2O11PS. The first-order valence-corrected chi connectivity index (χ1v) is 14.8. The number of likely N-dealkylation sites (N-methyl/N-ethyl adjacent to an activating group) is 1. The number of aliphatic hydroxyl groups excluding tert-OH is 2. The first-order valence-electron chi connectivity index (χ1n) is 10.8. The molecule has 34 heavy (non-hydrogen) atoms. The minimum Gasteiger partial charge on any atom is -0.632 e. The number of amides is 1. The molecule has 2 rings (SSSR count). The number of hydrogen-bond acceptors (Lipinski definition) is 9. The summed E-state index contributed by atoms with van der Waals surface area (Å²) in [5.41, 5.74) is -2.08. The summed E-state index contributed by atoms with van der Waals surface area (Å²) >= 11 is 6.22. The van der Waals surface area contributed by atoms with Crippen molar-refractivity contribution in [2.45, 2.75) is 80.4 Å². The van der Waals surface area contributed by atoms with E-state index in [1.807, 2.05) is 6.92 Å². The number of likely N-dealkylation sites (tertiary alicyclic amines) is 1. The van der Waals surface area contributed by atoms with Gasteiger partial charge in [-0.2, -0.15) is 0 Å². The minimum atomic E-state index is -5.28.